The van der Waals surface area contributed by atoms with Gasteiger partial charge in [0.2, 0.25) is 5.91 Å². The Morgan fingerprint density at radius 2 is 2.30 bits per heavy atom. The minimum atomic E-state index is 0.0955. The van der Waals surface area contributed by atoms with Gasteiger partial charge in [0.05, 0.1) is 11.4 Å². The maximum atomic E-state index is 12.1. The topological polar surface area (TPSA) is 44.4 Å². The van der Waals surface area contributed by atoms with Gasteiger partial charge < -0.3 is 15.5 Å². The number of anilines is 2. The van der Waals surface area contributed by atoms with Crippen LogP contribution in [0.1, 0.15) is 19.3 Å². The maximum absolute atomic E-state index is 12.1. The van der Waals surface area contributed by atoms with E-state index in [9.17, 15) is 4.79 Å². The number of carbonyl (C=O) groups excluding carboxylic acids is 1. The number of hydrogen-bond donors (Lipinski definition) is 2. The largest absolute Gasteiger partial charge is 0.376 e. The van der Waals surface area contributed by atoms with Crippen LogP contribution < -0.4 is 15.5 Å². The third-order valence-corrected chi connectivity index (χ3v) is 4.15. The van der Waals surface area contributed by atoms with Crippen LogP contribution in [-0.2, 0) is 4.79 Å². The van der Waals surface area contributed by atoms with E-state index < -0.39 is 0 Å². The molecule has 1 amide bonds. The number of hydrogen-bond acceptors (Lipinski definition) is 3. The first-order valence-corrected chi connectivity index (χ1v) is 7.83. The normalized spacial score (nSPS) is 18.1. The van der Waals surface area contributed by atoms with Crippen LogP contribution in [0.4, 0.5) is 11.4 Å². The highest BCUT2D eigenvalue weighted by molar-refractivity contribution is 9.10. The highest BCUT2D eigenvalue weighted by Crippen LogP contribution is 2.28. The summed E-state index contributed by atoms with van der Waals surface area (Å²) in [6.07, 6.45) is 2.74. The quantitative estimate of drug-likeness (QED) is 0.866. The molecule has 1 aliphatic heterocycles. The number of nitrogens with one attached hydrogen (secondary N) is 2. The Balaban J connectivity index is 1.94. The summed E-state index contributed by atoms with van der Waals surface area (Å²) in [7, 11) is 3.95. The first kappa shape index (κ1) is 15.3. The molecular formula is C15H22BrN3O. The monoisotopic (exact) mass is 339 g/mol. The van der Waals surface area contributed by atoms with E-state index in [2.05, 4.69) is 26.6 Å². The van der Waals surface area contributed by atoms with Gasteiger partial charge >= 0.3 is 0 Å². The molecule has 0 bridgehead atoms. The molecule has 4 nitrogen and oxygen atoms in total. The molecule has 0 aromatic heterocycles. The number of rotatable bonds is 5. The van der Waals surface area contributed by atoms with Crippen LogP contribution in [0.5, 0.6) is 0 Å². The molecule has 0 aliphatic carbocycles. The molecule has 20 heavy (non-hydrogen) atoms. The van der Waals surface area contributed by atoms with E-state index in [-0.39, 0.29) is 5.91 Å². The molecule has 2 rings (SSSR count). The molecule has 0 spiro atoms. The predicted octanol–water partition coefficient (Wildman–Crippen LogP) is 2.84. The summed E-state index contributed by atoms with van der Waals surface area (Å²) < 4.78 is 0.971. The molecular weight excluding hydrogens is 318 g/mol. The van der Waals surface area contributed by atoms with Crippen molar-refractivity contribution in [2.75, 3.05) is 37.4 Å². The Labute approximate surface area is 129 Å². The number of halogens is 1. The minimum absolute atomic E-state index is 0.0955. The molecule has 1 unspecified atom stereocenters. The van der Waals surface area contributed by atoms with Gasteiger partial charge in [-0.15, -0.1) is 0 Å². The molecule has 1 aliphatic rings. The summed E-state index contributed by atoms with van der Waals surface area (Å²) in [6.45, 7) is 2.13. The molecule has 0 saturated carbocycles. The lowest BCUT2D eigenvalue weighted by Gasteiger charge is -2.18. The number of nitrogens with zero attached hydrogens (tertiary/aromatic N) is 1. The SMILES string of the molecule is CN(C)c1ccc(Br)cc1NC(=O)CCC1CCNC1. The van der Waals surface area contributed by atoms with E-state index in [1.54, 1.807) is 0 Å². The lowest BCUT2D eigenvalue weighted by atomic mass is 10.0. The second kappa shape index (κ2) is 7.09. The average Bonchev–Trinajstić information content (AvgIpc) is 2.89. The Kier molecular flexibility index (Phi) is 5.43. The van der Waals surface area contributed by atoms with Crippen LogP contribution in [0.25, 0.3) is 0 Å². The van der Waals surface area contributed by atoms with E-state index >= 15 is 0 Å². The fourth-order valence-electron chi connectivity index (χ4n) is 2.51. The summed E-state index contributed by atoms with van der Waals surface area (Å²) in [5, 5.41) is 6.36. The van der Waals surface area contributed by atoms with Crippen LogP contribution >= 0.6 is 15.9 Å². The Bertz CT molecular complexity index is 470. The van der Waals surface area contributed by atoms with Crippen molar-refractivity contribution in [3.8, 4) is 0 Å². The summed E-state index contributed by atoms with van der Waals surface area (Å²) in [4.78, 5) is 14.1. The molecule has 2 N–H and O–H groups in total. The molecule has 0 radical (unpaired) electrons. The van der Waals surface area contributed by atoms with Crippen molar-refractivity contribution in [3.05, 3.63) is 22.7 Å². The first-order valence-electron chi connectivity index (χ1n) is 7.03. The fraction of sp³-hybridized carbons (Fsp3) is 0.533. The van der Waals surface area contributed by atoms with Crippen molar-refractivity contribution >= 4 is 33.2 Å². The molecule has 1 saturated heterocycles. The molecule has 1 aromatic carbocycles. The first-order chi connectivity index (χ1) is 9.56. The van der Waals surface area contributed by atoms with Gasteiger partial charge in [0, 0.05) is 25.0 Å². The zero-order valence-corrected chi connectivity index (χ0v) is 13.7. The molecule has 5 heteroatoms. The molecule has 1 atom stereocenters. The van der Waals surface area contributed by atoms with Crippen molar-refractivity contribution in [1.82, 2.24) is 5.32 Å². The van der Waals surface area contributed by atoms with Gasteiger partial charge in [-0.3, -0.25) is 4.79 Å². The van der Waals surface area contributed by atoms with Crippen molar-refractivity contribution in [1.29, 1.82) is 0 Å². The fourth-order valence-corrected chi connectivity index (χ4v) is 2.87. The van der Waals surface area contributed by atoms with Crippen molar-refractivity contribution in [3.63, 3.8) is 0 Å². The van der Waals surface area contributed by atoms with E-state index in [1.807, 2.05) is 37.2 Å². The van der Waals surface area contributed by atoms with Gasteiger partial charge in [-0.2, -0.15) is 0 Å². The maximum Gasteiger partial charge on any atom is 0.224 e. The Morgan fingerprint density at radius 3 is 2.95 bits per heavy atom. The summed E-state index contributed by atoms with van der Waals surface area (Å²) in [5.74, 6) is 0.745. The van der Waals surface area contributed by atoms with Gasteiger partial charge in [-0.1, -0.05) is 15.9 Å². The summed E-state index contributed by atoms with van der Waals surface area (Å²) in [6, 6.07) is 5.93. The summed E-state index contributed by atoms with van der Waals surface area (Å²) in [5.41, 5.74) is 1.88. The standard InChI is InChI=1S/C15H22BrN3O/c1-19(2)14-5-4-12(16)9-13(14)18-15(20)6-3-11-7-8-17-10-11/h4-5,9,11,17H,3,6-8,10H2,1-2H3,(H,18,20). The van der Waals surface area contributed by atoms with Gasteiger partial charge in [0.15, 0.2) is 0 Å². The van der Waals surface area contributed by atoms with E-state index in [4.69, 9.17) is 0 Å². The van der Waals surface area contributed by atoms with Crippen molar-refractivity contribution < 1.29 is 4.79 Å². The van der Waals surface area contributed by atoms with Crippen LogP contribution in [0.15, 0.2) is 22.7 Å². The van der Waals surface area contributed by atoms with E-state index in [0.29, 0.717) is 12.3 Å². The van der Waals surface area contributed by atoms with Gasteiger partial charge in [-0.25, -0.2) is 0 Å². The second-order valence-corrected chi connectivity index (χ2v) is 6.42. The second-order valence-electron chi connectivity index (χ2n) is 5.50. The summed E-state index contributed by atoms with van der Waals surface area (Å²) >= 11 is 3.45. The van der Waals surface area contributed by atoms with Crippen LogP contribution in [0.3, 0.4) is 0 Å². The zero-order chi connectivity index (χ0) is 14.5. The number of benzene rings is 1. The van der Waals surface area contributed by atoms with E-state index in [0.717, 1.165) is 35.4 Å². The number of carbonyl (C=O) groups is 1. The zero-order valence-electron chi connectivity index (χ0n) is 12.1. The molecule has 1 fully saturated rings. The van der Waals surface area contributed by atoms with Crippen molar-refractivity contribution in [2.45, 2.75) is 19.3 Å². The van der Waals surface area contributed by atoms with Gasteiger partial charge in [0.1, 0.15) is 0 Å². The molecule has 1 aromatic rings. The average molecular weight is 340 g/mol. The highest BCUT2D eigenvalue weighted by Gasteiger charge is 2.16. The van der Waals surface area contributed by atoms with Gasteiger partial charge in [-0.05, 0) is 50.0 Å². The third-order valence-electron chi connectivity index (χ3n) is 3.66. The number of amides is 1. The molecule has 110 valence electrons. The van der Waals surface area contributed by atoms with Gasteiger partial charge in [0.25, 0.3) is 0 Å². The molecule has 1 heterocycles. The van der Waals surface area contributed by atoms with Crippen LogP contribution in [-0.4, -0.2) is 33.1 Å². The van der Waals surface area contributed by atoms with Crippen molar-refractivity contribution in [2.24, 2.45) is 5.92 Å². The Hall–Kier alpha value is -1.07. The lowest BCUT2D eigenvalue weighted by Crippen LogP contribution is -2.18. The minimum Gasteiger partial charge on any atom is -0.376 e. The predicted molar refractivity (Wildman–Crippen MR) is 87.3 cm³/mol. The lowest BCUT2D eigenvalue weighted by molar-refractivity contribution is -0.116. The third kappa shape index (κ3) is 4.21. The smallest absolute Gasteiger partial charge is 0.224 e. The van der Waals surface area contributed by atoms with Crippen LogP contribution in [0.2, 0.25) is 0 Å². The van der Waals surface area contributed by atoms with Crippen LogP contribution in [0, 0.1) is 5.92 Å². The van der Waals surface area contributed by atoms with E-state index in [1.165, 1.54) is 6.42 Å². The Morgan fingerprint density at radius 1 is 1.50 bits per heavy atom. The highest BCUT2D eigenvalue weighted by atomic mass is 79.9.